The number of benzene rings is 1. The first kappa shape index (κ1) is 12.8. The summed E-state index contributed by atoms with van der Waals surface area (Å²) in [5, 5.41) is 9.12. The molecule has 1 aliphatic heterocycles. The molecule has 0 aromatic heterocycles. The summed E-state index contributed by atoms with van der Waals surface area (Å²) in [7, 11) is 0. The number of aliphatic hydroxyl groups is 1. The van der Waals surface area contributed by atoms with Gasteiger partial charge in [0.1, 0.15) is 11.6 Å². The topological polar surface area (TPSA) is 49.8 Å². The molecule has 1 aromatic rings. The van der Waals surface area contributed by atoms with Gasteiger partial charge in [-0.3, -0.25) is 4.79 Å². The van der Waals surface area contributed by atoms with Crippen LogP contribution in [-0.2, 0) is 4.79 Å². The van der Waals surface area contributed by atoms with Gasteiger partial charge in [0, 0.05) is 6.54 Å². The van der Waals surface area contributed by atoms with Gasteiger partial charge in [-0.1, -0.05) is 0 Å². The van der Waals surface area contributed by atoms with Gasteiger partial charge in [0.2, 0.25) is 0 Å². The molecular weight excluding hydrogens is 237 g/mol. The number of hydrogen-bond acceptors (Lipinski definition) is 3. The van der Waals surface area contributed by atoms with Crippen molar-refractivity contribution in [1.29, 1.82) is 0 Å². The van der Waals surface area contributed by atoms with E-state index in [0.717, 1.165) is 12.8 Å². The van der Waals surface area contributed by atoms with E-state index >= 15 is 0 Å². The predicted molar refractivity (Wildman–Crippen MR) is 63.7 cm³/mol. The molecule has 4 nitrogen and oxygen atoms in total. The highest BCUT2D eigenvalue weighted by molar-refractivity contribution is 5.78. The highest BCUT2D eigenvalue weighted by Gasteiger charge is 2.27. The molecule has 1 aliphatic rings. The maximum Gasteiger partial charge on any atom is 0.260 e. The van der Waals surface area contributed by atoms with Crippen LogP contribution in [0.2, 0.25) is 0 Å². The van der Waals surface area contributed by atoms with Gasteiger partial charge in [0.05, 0.1) is 12.6 Å². The third-order valence-electron chi connectivity index (χ3n) is 3.08. The Bertz CT molecular complexity index is 407. The van der Waals surface area contributed by atoms with E-state index in [-0.39, 0.29) is 31.0 Å². The number of hydrogen-bond donors (Lipinski definition) is 1. The van der Waals surface area contributed by atoms with Crippen molar-refractivity contribution in [2.24, 2.45) is 0 Å². The normalized spacial score (nSPS) is 19.0. The van der Waals surface area contributed by atoms with E-state index in [0.29, 0.717) is 12.3 Å². The Labute approximate surface area is 105 Å². The van der Waals surface area contributed by atoms with Gasteiger partial charge in [-0.2, -0.15) is 0 Å². The third kappa shape index (κ3) is 2.98. The van der Waals surface area contributed by atoms with E-state index in [9.17, 15) is 9.18 Å². The molecular formula is C13H16FNO3. The van der Waals surface area contributed by atoms with Crippen molar-refractivity contribution in [2.45, 2.75) is 18.9 Å². The number of aliphatic hydroxyl groups excluding tert-OH is 1. The van der Waals surface area contributed by atoms with E-state index < -0.39 is 0 Å². The molecule has 1 N–H and O–H groups in total. The highest BCUT2D eigenvalue weighted by atomic mass is 19.1. The molecule has 0 aliphatic carbocycles. The summed E-state index contributed by atoms with van der Waals surface area (Å²) in [4.78, 5) is 13.5. The van der Waals surface area contributed by atoms with Crippen LogP contribution >= 0.6 is 0 Å². The molecule has 1 aromatic carbocycles. The number of carbonyl (C=O) groups is 1. The van der Waals surface area contributed by atoms with Crippen LogP contribution in [0.5, 0.6) is 5.75 Å². The summed E-state index contributed by atoms with van der Waals surface area (Å²) in [6.07, 6.45) is 1.74. The average molecular weight is 253 g/mol. The minimum Gasteiger partial charge on any atom is -0.484 e. The van der Waals surface area contributed by atoms with E-state index in [1.54, 1.807) is 4.90 Å². The van der Waals surface area contributed by atoms with Crippen molar-refractivity contribution < 1.29 is 19.0 Å². The van der Waals surface area contributed by atoms with Gasteiger partial charge in [0.15, 0.2) is 6.61 Å². The standard InChI is InChI=1S/C13H16FNO3/c14-10-3-5-12(6-4-10)18-9-13(17)15-7-1-2-11(15)8-16/h3-6,11,16H,1-2,7-9H2/t11-/m0/s1. The second-order valence-electron chi connectivity index (χ2n) is 4.31. The molecule has 98 valence electrons. The van der Waals surface area contributed by atoms with E-state index in [4.69, 9.17) is 9.84 Å². The third-order valence-corrected chi connectivity index (χ3v) is 3.08. The second kappa shape index (κ2) is 5.82. The number of ether oxygens (including phenoxy) is 1. The molecule has 1 heterocycles. The fourth-order valence-corrected chi connectivity index (χ4v) is 2.11. The highest BCUT2D eigenvalue weighted by Crippen LogP contribution is 2.17. The lowest BCUT2D eigenvalue weighted by Gasteiger charge is -2.22. The van der Waals surface area contributed by atoms with Gasteiger partial charge >= 0.3 is 0 Å². The fraction of sp³-hybridized carbons (Fsp3) is 0.462. The number of amides is 1. The van der Waals surface area contributed by atoms with Crippen LogP contribution in [0.25, 0.3) is 0 Å². The number of halogens is 1. The zero-order chi connectivity index (χ0) is 13.0. The first-order valence-corrected chi connectivity index (χ1v) is 5.99. The molecule has 0 unspecified atom stereocenters. The van der Waals surface area contributed by atoms with Crippen LogP contribution < -0.4 is 4.74 Å². The predicted octanol–water partition coefficient (Wildman–Crippen LogP) is 1.19. The quantitative estimate of drug-likeness (QED) is 0.876. The maximum atomic E-state index is 12.7. The molecule has 0 radical (unpaired) electrons. The molecule has 1 saturated heterocycles. The summed E-state index contributed by atoms with van der Waals surface area (Å²) in [6.45, 7) is 0.571. The lowest BCUT2D eigenvalue weighted by Crippen LogP contribution is -2.40. The van der Waals surface area contributed by atoms with Crippen LogP contribution in [0.4, 0.5) is 4.39 Å². The number of rotatable bonds is 4. The number of carbonyl (C=O) groups excluding carboxylic acids is 1. The van der Waals surface area contributed by atoms with Gasteiger partial charge in [-0.25, -0.2) is 4.39 Å². The van der Waals surface area contributed by atoms with E-state index in [1.165, 1.54) is 24.3 Å². The Morgan fingerprint density at radius 2 is 2.17 bits per heavy atom. The van der Waals surface area contributed by atoms with Gasteiger partial charge in [0.25, 0.3) is 5.91 Å². The smallest absolute Gasteiger partial charge is 0.260 e. The SMILES string of the molecule is O=C(COc1ccc(F)cc1)N1CCC[C@H]1CO. The molecule has 1 atom stereocenters. The molecule has 0 spiro atoms. The Kier molecular flexibility index (Phi) is 4.15. The maximum absolute atomic E-state index is 12.7. The molecule has 2 rings (SSSR count). The van der Waals surface area contributed by atoms with Crippen molar-refractivity contribution in [1.82, 2.24) is 4.90 Å². The van der Waals surface area contributed by atoms with Crippen LogP contribution in [0.3, 0.4) is 0 Å². The van der Waals surface area contributed by atoms with Crippen molar-refractivity contribution in [3.63, 3.8) is 0 Å². The Balaban J connectivity index is 1.86. The monoisotopic (exact) mass is 253 g/mol. The van der Waals surface area contributed by atoms with Gasteiger partial charge in [-0.05, 0) is 37.1 Å². The molecule has 0 bridgehead atoms. The molecule has 1 fully saturated rings. The van der Waals surface area contributed by atoms with Gasteiger partial charge in [-0.15, -0.1) is 0 Å². The van der Waals surface area contributed by atoms with E-state index in [2.05, 4.69) is 0 Å². The minimum atomic E-state index is -0.339. The molecule has 18 heavy (non-hydrogen) atoms. The first-order chi connectivity index (χ1) is 8.70. The van der Waals surface area contributed by atoms with Crippen molar-refractivity contribution in [2.75, 3.05) is 19.8 Å². The summed E-state index contributed by atoms with van der Waals surface area (Å²) in [5.41, 5.74) is 0. The lowest BCUT2D eigenvalue weighted by molar-refractivity contribution is -0.134. The minimum absolute atomic E-state index is 0.0116. The van der Waals surface area contributed by atoms with Crippen LogP contribution in [0.15, 0.2) is 24.3 Å². The van der Waals surface area contributed by atoms with Crippen LogP contribution in [-0.4, -0.2) is 41.7 Å². The largest absolute Gasteiger partial charge is 0.484 e. The average Bonchev–Trinajstić information content (AvgIpc) is 2.86. The summed E-state index contributed by atoms with van der Waals surface area (Å²) in [5.74, 6) is -0.0195. The number of likely N-dealkylation sites (tertiary alicyclic amines) is 1. The van der Waals surface area contributed by atoms with Crippen LogP contribution in [0, 0.1) is 5.82 Å². The van der Waals surface area contributed by atoms with E-state index in [1.807, 2.05) is 0 Å². The van der Waals surface area contributed by atoms with Crippen molar-refractivity contribution >= 4 is 5.91 Å². The molecule has 1 amide bonds. The summed E-state index contributed by atoms with van der Waals surface area (Å²) < 4.78 is 18.0. The van der Waals surface area contributed by atoms with Gasteiger partial charge < -0.3 is 14.7 Å². The number of nitrogens with zero attached hydrogens (tertiary/aromatic N) is 1. The zero-order valence-corrected chi connectivity index (χ0v) is 10.0. The van der Waals surface area contributed by atoms with Crippen molar-refractivity contribution in [3.05, 3.63) is 30.1 Å². The summed E-state index contributed by atoms with van der Waals surface area (Å²) >= 11 is 0. The Hall–Kier alpha value is -1.62. The lowest BCUT2D eigenvalue weighted by atomic mass is 10.2. The second-order valence-corrected chi connectivity index (χ2v) is 4.31. The molecule has 5 heteroatoms. The fourth-order valence-electron chi connectivity index (χ4n) is 2.11. The van der Waals surface area contributed by atoms with Crippen LogP contribution in [0.1, 0.15) is 12.8 Å². The zero-order valence-electron chi connectivity index (χ0n) is 10.0. The Morgan fingerprint density at radius 3 is 2.83 bits per heavy atom. The first-order valence-electron chi connectivity index (χ1n) is 5.99. The Morgan fingerprint density at radius 1 is 1.44 bits per heavy atom. The van der Waals surface area contributed by atoms with Crippen molar-refractivity contribution in [3.8, 4) is 5.75 Å². The summed E-state index contributed by atoms with van der Waals surface area (Å²) in [6, 6.07) is 5.44. The molecule has 0 saturated carbocycles.